The Balaban J connectivity index is 1.92. The third-order valence-electron chi connectivity index (χ3n) is 3.79. The van der Waals surface area contributed by atoms with Crippen LogP contribution in [0.15, 0.2) is 48.5 Å². The Morgan fingerprint density at radius 2 is 1.39 bits per heavy atom. The summed E-state index contributed by atoms with van der Waals surface area (Å²) in [4.78, 5) is 0. The molecular formula is C17H15N. The van der Waals surface area contributed by atoms with Crippen LogP contribution in [0, 0.1) is 18.3 Å². The Morgan fingerprint density at radius 3 is 1.83 bits per heavy atom. The number of hydrogen-bond acceptors (Lipinski definition) is 1. The molecule has 0 atom stereocenters. The van der Waals surface area contributed by atoms with E-state index in [-0.39, 0.29) is 5.41 Å². The maximum Gasteiger partial charge on any atom is 0.0823 e. The van der Waals surface area contributed by atoms with Crippen molar-refractivity contribution in [3.8, 4) is 17.2 Å². The van der Waals surface area contributed by atoms with Gasteiger partial charge in [-0.15, -0.1) is 0 Å². The minimum Gasteiger partial charge on any atom is -0.197 e. The van der Waals surface area contributed by atoms with Crippen LogP contribution < -0.4 is 0 Å². The molecular weight excluding hydrogens is 218 g/mol. The zero-order valence-electron chi connectivity index (χ0n) is 10.5. The van der Waals surface area contributed by atoms with Crippen molar-refractivity contribution in [1.29, 1.82) is 5.26 Å². The van der Waals surface area contributed by atoms with Gasteiger partial charge in [0.25, 0.3) is 0 Å². The molecule has 0 heterocycles. The van der Waals surface area contributed by atoms with E-state index in [0.717, 1.165) is 12.8 Å². The molecule has 0 unspecified atom stereocenters. The van der Waals surface area contributed by atoms with E-state index in [2.05, 4.69) is 61.5 Å². The fraction of sp³-hybridized carbons (Fsp3) is 0.235. The second-order valence-electron chi connectivity index (χ2n) is 5.14. The van der Waals surface area contributed by atoms with Crippen molar-refractivity contribution in [3.05, 3.63) is 59.7 Å². The minimum atomic E-state index is -0.175. The number of hydrogen-bond donors (Lipinski definition) is 0. The van der Waals surface area contributed by atoms with Crippen LogP contribution in [-0.4, -0.2) is 0 Å². The smallest absolute Gasteiger partial charge is 0.0823 e. The van der Waals surface area contributed by atoms with Crippen LogP contribution in [-0.2, 0) is 5.41 Å². The molecule has 0 radical (unpaired) electrons. The highest BCUT2D eigenvalue weighted by atomic mass is 14.5. The Morgan fingerprint density at radius 1 is 0.889 bits per heavy atom. The van der Waals surface area contributed by atoms with E-state index >= 15 is 0 Å². The van der Waals surface area contributed by atoms with Gasteiger partial charge in [0.15, 0.2) is 0 Å². The average molecular weight is 233 g/mol. The molecule has 1 saturated carbocycles. The van der Waals surface area contributed by atoms with Crippen molar-refractivity contribution in [3.63, 3.8) is 0 Å². The Bertz CT molecular complexity index is 596. The topological polar surface area (TPSA) is 23.8 Å². The van der Waals surface area contributed by atoms with Gasteiger partial charge in [-0.1, -0.05) is 54.1 Å². The first-order valence-corrected chi connectivity index (χ1v) is 6.32. The molecule has 1 fully saturated rings. The normalized spacial score (nSPS) is 16.0. The van der Waals surface area contributed by atoms with Gasteiger partial charge in [0.1, 0.15) is 0 Å². The molecule has 0 amide bonds. The van der Waals surface area contributed by atoms with E-state index in [1.807, 2.05) is 0 Å². The van der Waals surface area contributed by atoms with E-state index in [9.17, 15) is 5.26 Å². The van der Waals surface area contributed by atoms with Gasteiger partial charge >= 0.3 is 0 Å². The molecule has 2 aromatic carbocycles. The van der Waals surface area contributed by atoms with Crippen LogP contribution in [0.25, 0.3) is 11.1 Å². The van der Waals surface area contributed by atoms with Crippen molar-refractivity contribution in [2.24, 2.45) is 0 Å². The summed E-state index contributed by atoms with van der Waals surface area (Å²) in [6, 6.07) is 19.4. The maximum atomic E-state index is 9.18. The van der Waals surface area contributed by atoms with Gasteiger partial charge in [-0.25, -0.2) is 0 Å². The van der Waals surface area contributed by atoms with Crippen molar-refractivity contribution in [2.45, 2.75) is 25.2 Å². The van der Waals surface area contributed by atoms with Crippen molar-refractivity contribution in [1.82, 2.24) is 0 Å². The molecule has 1 nitrogen and oxygen atoms in total. The molecule has 0 bridgehead atoms. The SMILES string of the molecule is Cc1ccc(-c2ccc(C3(C#N)CC3)cc2)cc1. The summed E-state index contributed by atoms with van der Waals surface area (Å²) in [6.07, 6.45) is 2.01. The molecule has 1 aliphatic carbocycles. The summed E-state index contributed by atoms with van der Waals surface area (Å²) in [5.41, 5.74) is 4.71. The summed E-state index contributed by atoms with van der Waals surface area (Å²) >= 11 is 0. The van der Waals surface area contributed by atoms with Gasteiger partial charge in [-0.3, -0.25) is 0 Å². The highest BCUT2D eigenvalue weighted by molar-refractivity contribution is 5.64. The molecule has 2 aromatic rings. The molecule has 0 aromatic heterocycles. The number of nitrogens with zero attached hydrogens (tertiary/aromatic N) is 1. The number of aryl methyl sites for hydroxylation is 1. The van der Waals surface area contributed by atoms with E-state index in [1.54, 1.807) is 0 Å². The lowest BCUT2D eigenvalue weighted by Crippen LogP contribution is -2.01. The van der Waals surface area contributed by atoms with Gasteiger partial charge in [0.05, 0.1) is 11.5 Å². The molecule has 0 saturated heterocycles. The van der Waals surface area contributed by atoms with Gasteiger partial charge in [0, 0.05) is 0 Å². The van der Waals surface area contributed by atoms with E-state index in [1.165, 1.54) is 22.3 Å². The second-order valence-corrected chi connectivity index (χ2v) is 5.14. The molecule has 3 rings (SSSR count). The molecule has 0 N–H and O–H groups in total. The standard InChI is InChI=1S/C17H15N/c1-13-2-4-14(5-3-13)15-6-8-16(9-7-15)17(12-18)10-11-17/h2-9H,10-11H2,1H3. The summed E-state index contributed by atoms with van der Waals surface area (Å²) in [5, 5.41) is 9.18. The van der Waals surface area contributed by atoms with E-state index < -0.39 is 0 Å². The first kappa shape index (κ1) is 11.0. The van der Waals surface area contributed by atoms with Crippen LogP contribution in [0.4, 0.5) is 0 Å². The maximum absolute atomic E-state index is 9.18. The Kier molecular flexibility index (Phi) is 2.45. The number of benzene rings is 2. The third kappa shape index (κ3) is 1.80. The van der Waals surface area contributed by atoms with Gasteiger partial charge in [-0.05, 0) is 36.5 Å². The Hall–Kier alpha value is -2.07. The van der Waals surface area contributed by atoms with E-state index in [0.29, 0.717) is 0 Å². The molecule has 0 aliphatic heterocycles. The van der Waals surface area contributed by atoms with Crippen molar-refractivity contribution >= 4 is 0 Å². The van der Waals surface area contributed by atoms with Gasteiger partial charge in [0.2, 0.25) is 0 Å². The summed E-state index contributed by atoms with van der Waals surface area (Å²) in [6.45, 7) is 2.09. The van der Waals surface area contributed by atoms with E-state index in [4.69, 9.17) is 0 Å². The molecule has 1 heteroatoms. The van der Waals surface area contributed by atoms with Crippen LogP contribution in [0.2, 0.25) is 0 Å². The molecule has 0 spiro atoms. The van der Waals surface area contributed by atoms with Crippen LogP contribution in [0.3, 0.4) is 0 Å². The second kappa shape index (κ2) is 3.99. The summed E-state index contributed by atoms with van der Waals surface area (Å²) in [7, 11) is 0. The zero-order chi connectivity index (χ0) is 12.6. The number of rotatable bonds is 2. The molecule has 88 valence electrons. The highest BCUT2D eigenvalue weighted by Crippen LogP contribution is 2.47. The van der Waals surface area contributed by atoms with Gasteiger partial charge < -0.3 is 0 Å². The lowest BCUT2D eigenvalue weighted by Gasteiger charge is -2.08. The average Bonchev–Trinajstić information content (AvgIpc) is 3.21. The Labute approximate surface area is 108 Å². The lowest BCUT2D eigenvalue weighted by molar-refractivity contribution is 0.909. The minimum absolute atomic E-state index is 0.175. The highest BCUT2D eigenvalue weighted by Gasteiger charge is 2.44. The summed E-state index contributed by atoms with van der Waals surface area (Å²) in [5.74, 6) is 0. The van der Waals surface area contributed by atoms with Crippen LogP contribution >= 0.6 is 0 Å². The first-order valence-electron chi connectivity index (χ1n) is 6.32. The predicted octanol–water partition coefficient (Wildman–Crippen LogP) is 4.22. The van der Waals surface area contributed by atoms with Crippen LogP contribution in [0.1, 0.15) is 24.0 Å². The van der Waals surface area contributed by atoms with Crippen molar-refractivity contribution < 1.29 is 0 Å². The third-order valence-corrected chi connectivity index (χ3v) is 3.79. The quantitative estimate of drug-likeness (QED) is 0.762. The fourth-order valence-corrected chi connectivity index (χ4v) is 2.32. The predicted molar refractivity (Wildman–Crippen MR) is 73.1 cm³/mol. The van der Waals surface area contributed by atoms with Gasteiger partial charge in [-0.2, -0.15) is 5.26 Å². The van der Waals surface area contributed by atoms with Crippen molar-refractivity contribution in [2.75, 3.05) is 0 Å². The zero-order valence-corrected chi connectivity index (χ0v) is 10.5. The largest absolute Gasteiger partial charge is 0.197 e. The monoisotopic (exact) mass is 233 g/mol. The fourth-order valence-electron chi connectivity index (χ4n) is 2.32. The first-order chi connectivity index (χ1) is 8.73. The summed E-state index contributed by atoms with van der Waals surface area (Å²) < 4.78 is 0. The lowest BCUT2D eigenvalue weighted by atomic mass is 9.95. The van der Waals surface area contributed by atoms with Crippen LogP contribution in [0.5, 0.6) is 0 Å². The number of nitriles is 1. The molecule has 1 aliphatic rings. The molecule has 18 heavy (non-hydrogen) atoms.